The first-order chi connectivity index (χ1) is 5.58. The minimum absolute atomic E-state index is 0.780. The first-order valence-corrected chi connectivity index (χ1v) is 5.31. The summed E-state index contributed by atoms with van der Waals surface area (Å²) in [7, 11) is -3.03. The first-order valence-electron chi connectivity index (χ1n) is 3.36. The number of sulfone groups is 1. The van der Waals surface area contributed by atoms with E-state index in [-0.39, 0.29) is 0 Å². The van der Waals surface area contributed by atoms with E-state index < -0.39 is 9.84 Å². The van der Waals surface area contributed by atoms with Crippen molar-refractivity contribution in [2.24, 2.45) is 0 Å². The predicted octanol–water partition coefficient (Wildman–Crippen LogP) is 1.10. The molecule has 0 unspecified atom stereocenters. The molecule has 0 saturated carbocycles. The fourth-order valence-electron chi connectivity index (χ4n) is 0.677. The van der Waals surface area contributed by atoms with Crippen LogP contribution in [0.15, 0.2) is 29.9 Å². The van der Waals surface area contributed by atoms with Crippen molar-refractivity contribution in [3.8, 4) is 0 Å². The van der Waals surface area contributed by atoms with Crippen LogP contribution in [0.1, 0.15) is 5.56 Å². The van der Waals surface area contributed by atoms with E-state index in [0.717, 1.165) is 17.2 Å². The second-order valence-corrected chi connectivity index (χ2v) is 4.35. The Morgan fingerprint density at radius 3 is 2.75 bits per heavy atom. The summed E-state index contributed by atoms with van der Waals surface area (Å²) in [5.74, 6) is 0. The van der Waals surface area contributed by atoms with E-state index in [1.165, 1.54) is 6.08 Å². The summed E-state index contributed by atoms with van der Waals surface area (Å²) in [6.45, 7) is 0. The molecule has 0 aliphatic carbocycles. The van der Waals surface area contributed by atoms with E-state index in [1.54, 1.807) is 24.5 Å². The van der Waals surface area contributed by atoms with Gasteiger partial charge in [0.15, 0.2) is 9.84 Å². The zero-order valence-electron chi connectivity index (χ0n) is 6.64. The van der Waals surface area contributed by atoms with Crippen LogP contribution in [0.25, 0.3) is 6.08 Å². The van der Waals surface area contributed by atoms with Crippen LogP contribution in [-0.2, 0) is 9.84 Å². The maximum atomic E-state index is 10.7. The van der Waals surface area contributed by atoms with Crippen molar-refractivity contribution in [2.45, 2.75) is 0 Å². The summed E-state index contributed by atoms with van der Waals surface area (Å²) >= 11 is 0. The Balaban J connectivity index is 2.85. The summed E-state index contributed by atoms with van der Waals surface area (Å²) in [4.78, 5) is 3.84. The number of rotatable bonds is 2. The first kappa shape index (κ1) is 8.93. The molecule has 1 aromatic rings. The molecule has 3 nitrogen and oxygen atoms in total. The van der Waals surface area contributed by atoms with Gasteiger partial charge in [-0.2, -0.15) is 0 Å². The van der Waals surface area contributed by atoms with E-state index in [2.05, 4.69) is 4.98 Å². The van der Waals surface area contributed by atoms with Gasteiger partial charge in [-0.15, -0.1) is 0 Å². The molecule has 1 rings (SSSR count). The molecule has 0 fully saturated rings. The van der Waals surface area contributed by atoms with Crippen molar-refractivity contribution in [3.63, 3.8) is 0 Å². The average molecular weight is 183 g/mol. The Morgan fingerprint density at radius 2 is 2.25 bits per heavy atom. The highest BCUT2D eigenvalue weighted by molar-refractivity contribution is 7.93. The Labute approximate surface area is 71.7 Å². The van der Waals surface area contributed by atoms with Gasteiger partial charge in [0.1, 0.15) is 0 Å². The van der Waals surface area contributed by atoms with Crippen LogP contribution >= 0.6 is 0 Å². The van der Waals surface area contributed by atoms with E-state index in [0.29, 0.717) is 0 Å². The molecule has 1 aromatic heterocycles. The molecule has 0 saturated heterocycles. The van der Waals surface area contributed by atoms with Gasteiger partial charge in [-0.1, -0.05) is 6.07 Å². The number of aromatic nitrogens is 1. The normalized spacial score (nSPS) is 12.1. The SMILES string of the molecule is CS(=O)(=O)C=Cc1cccnc1. The highest BCUT2D eigenvalue weighted by Gasteiger charge is 1.92. The highest BCUT2D eigenvalue weighted by atomic mass is 32.2. The van der Waals surface area contributed by atoms with E-state index in [4.69, 9.17) is 0 Å². The van der Waals surface area contributed by atoms with Crippen molar-refractivity contribution < 1.29 is 8.42 Å². The Bertz CT molecular complexity index is 367. The molecule has 4 heteroatoms. The molecule has 0 radical (unpaired) electrons. The average Bonchev–Trinajstić information content (AvgIpc) is 2.02. The smallest absolute Gasteiger partial charge is 0.168 e. The lowest BCUT2D eigenvalue weighted by Gasteiger charge is -1.89. The van der Waals surface area contributed by atoms with Crippen molar-refractivity contribution in [1.82, 2.24) is 4.98 Å². The second kappa shape index (κ2) is 3.49. The summed E-state index contributed by atoms with van der Waals surface area (Å²) < 4.78 is 21.4. The Morgan fingerprint density at radius 1 is 1.50 bits per heavy atom. The number of hydrogen-bond acceptors (Lipinski definition) is 3. The zero-order valence-corrected chi connectivity index (χ0v) is 7.45. The van der Waals surface area contributed by atoms with Gasteiger partial charge in [0.05, 0.1) is 0 Å². The van der Waals surface area contributed by atoms with Gasteiger partial charge in [-0.3, -0.25) is 4.98 Å². The van der Waals surface area contributed by atoms with Gasteiger partial charge in [0.2, 0.25) is 0 Å². The molecule has 0 aromatic carbocycles. The van der Waals surface area contributed by atoms with Crippen LogP contribution in [0.5, 0.6) is 0 Å². The molecule has 0 aliphatic heterocycles. The third-order valence-electron chi connectivity index (χ3n) is 1.19. The van der Waals surface area contributed by atoms with Gasteiger partial charge in [-0.05, 0) is 17.7 Å². The maximum Gasteiger partial charge on any atom is 0.168 e. The summed E-state index contributed by atoms with van der Waals surface area (Å²) in [5, 5.41) is 1.16. The largest absolute Gasteiger partial charge is 0.264 e. The fourth-order valence-corrected chi connectivity index (χ4v) is 1.08. The quantitative estimate of drug-likeness (QED) is 0.689. The lowest BCUT2D eigenvalue weighted by Crippen LogP contribution is -1.87. The monoisotopic (exact) mass is 183 g/mol. The number of hydrogen-bond donors (Lipinski definition) is 0. The molecule has 64 valence electrons. The van der Waals surface area contributed by atoms with Crippen LogP contribution in [0.3, 0.4) is 0 Å². The van der Waals surface area contributed by atoms with Crippen LogP contribution < -0.4 is 0 Å². The summed E-state index contributed by atoms with van der Waals surface area (Å²) in [6, 6.07) is 3.54. The van der Waals surface area contributed by atoms with Crippen LogP contribution in [-0.4, -0.2) is 19.7 Å². The van der Waals surface area contributed by atoms with E-state index in [9.17, 15) is 8.42 Å². The van der Waals surface area contributed by atoms with Crippen molar-refractivity contribution in [2.75, 3.05) is 6.26 Å². The van der Waals surface area contributed by atoms with E-state index in [1.807, 2.05) is 0 Å². The number of nitrogens with zero attached hydrogens (tertiary/aromatic N) is 1. The van der Waals surface area contributed by atoms with Crippen LogP contribution in [0.2, 0.25) is 0 Å². The fraction of sp³-hybridized carbons (Fsp3) is 0.125. The van der Waals surface area contributed by atoms with Gasteiger partial charge in [-0.25, -0.2) is 8.42 Å². The molecular formula is C8H9NO2S. The second-order valence-electron chi connectivity index (χ2n) is 2.42. The molecule has 0 atom stereocenters. The lowest BCUT2D eigenvalue weighted by atomic mass is 10.3. The zero-order chi connectivity index (χ0) is 9.03. The van der Waals surface area contributed by atoms with Gasteiger partial charge in [0.25, 0.3) is 0 Å². The molecule has 0 aliphatic rings. The van der Waals surface area contributed by atoms with Crippen LogP contribution in [0, 0.1) is 0 Å². The standard InChI is InChI=1S/C8H9NO2S/c1-12(10,11)6-4-8-3-2-5-9-7-8/h2-7H,1H3. The molecule has 1 heterocycles. The minimum atomic E-state index is -3.03. The Kier molecular flexibility index (Phi) is 2.60. The molecular weight excluding hydrogens is 174 g/mol. The lowest BCUT2D eigenvalue weighted by molar-refractivity contribution is 0.610. The molecule has 0 N–H and O–H groups in total. The Hall–Kier alpha value is -1.16. The highest BCUT2D eigenvalue weighted by Crippen LogP contribution is 2.00. The minimum Gasteiger partial charge on any atom is -0.264 e. The molecule has 12 heavy (non-hydrogen) atoms. The van der Waals surface area contributed by atoms with Gasteiger partial charge < -0.3 is 0 Å². The van der Waals surface area contributed by atoms with Crippen molar-refractivity contribution in [1.29, 1.82) is 0 Å². The topological polar surface area (TPSA) is 47.0 Å². The third kappa shape index (κ3) is 3.30. The molecule has 0 amide bonds. The maximum absolute atomic E-state index is 10.7. The van der Waals surface area contributed by atoms with Crippen molar-refractivity contribution in [3.05, 3.63) is 35.5 Å². The van der Waals surface area contributed by atoms with Gasteiger partial charge >= 0.3 is 0 Å². The molecule has 0 bridgehead atoms. The molecule has 0 spiro atoms. The third-order valence-corrected chi connectivity index (χ3v) is 1.82. The predicted molar refractivity (Wildman–Crippen MR) is 48.1 cm³/mol. The summed E-state index contributed by atoms with van der Waals surface area (Å²) in [6.07, 6.45) is 5.90. The summed E-state index contributed by atoms with van der Waals surface area (Å²) in [5.41, 5.74) is 0.780. The van der Waals surface area contributed by atoms with E-state index >= 15 is 0 Å². The van der Waals surface area contributed by atoms with Crippen molar-refractivity contribution >= 4 is 15.9 Å². The van der Waals surface area contributed by atoms with Crippen LogP contribution in [0.4, 0.5) is 0 Å². The van der Waals surface area contributed by atoms with Gasteiger partial charge in [0, 0.05) is 24.1 Å². The number of pyridine rings is 1.